The van der Waals surface area contributed by atoms with Crippen LogP contribution in [0.5, 0.6) is 0 Å². The lowest BCUT2D eigenvalue weighted by molar-refractivity contribution is 1.10. The van der Waals surface area contributed by atoms with Gasteiger partial charge in [-0.1, -0.05) is 28.1 Å². The van der Waals surface area contributed by atoms with E-state index in [0.29, 0.717) is 6.54 Å². The summed E-state index contributed by atoms with van der Waals surface area (Å²) >= 11 is 10.9. The van der Waals surface area contributed by atoms with Crippen molar-refractivity contribution in [2.24, 2.45) is 0 Å². The Hall–Kier alpha value is -1.17. The molecule has 2 heterocycles. The summed E-state index contributed by atoms with van der Waals surface area (Å²) < 4.78 is 1.06. The van der Waals surface area contributed by atoms with Gasteiger partial charge in [0.25, 0.3) is 0 Å². The molecule has 6 heteroatoms. The Morgan fingerprint density at radius 3 is 3.00 bits per heavy atom. The summed E-state index contributed by atoms with van der Waals surface area (Å²) in [6, 6.07) is 10.1. The lowest BCUT2D eigenvalue weighted by Crippen LogP contribution is -2.02. The third-order valence-electron chi connectivity index (χ3n) is 2.65. The van der Waals surface area contributed by atoms with Gasteiger partial charge < -0.3 is 5.32 Å². The van der Waals surface area contributed by atoms with Gasteiger partial charge in [-0.2, -0.15) is 0 Å². The molecule has 0 aliphatic heterocycles. The molecule has 1 aromatic carbocycles. The SMILES string of the molecule is Clc1nc(NCc2cccc(Br)c2)c2ccsc2n1. The van der Waals surface area contributed by atoms with Crippen LogP contribution in [0.1, 0.15) is 5.56 Å². The van der Waals surface area contributed by atoms with E-state index in [1.54, 1.807) is 11.3 Å². The quantitative estimate of drug-likeness (QED) is 0.692. The third-order valence-corrected chi connectivity index (χ3v) is 4.12. The lowest BCUT2D eigenvalue weighted by atomic mass is 10.2. The Balaban J connectivity index is 1.87. The summed E-state index contributed by atoms with van der Waals surface area (Å²) in [5.74, 6) is 0.774. The first-order chi connectivity index (χ1) is 9.22. The molecule has 3 nitrogen and oxygen atoms in total. The van der Waals surface area contributed by atoms with E-state index in [2.05, 4.69) is 43.3 Å². The van der Waals surface area contributed by atoms with E-state index in [4.69, 9.17) is 11.6 Å². The van der Waals surface area contributed by atoms with E-state index in [-0.39, 0.29) is 5.28 Å². The summed E-state index contributed by atoms with van der Waals surface area (Å²) in [4.78, 5) is 9.34. The molecule has 0 bridgehead atoms. The van der Waals surface area contributed by atoms with E-state index >= 15 is 0 Å². The van der Waals surface area contributed by atoms with Crippen LogP contribution in [0, 0.1) is 0 Å². The highest BCUT2D eigenvalue weighted by Crippen LogP contribution is 2.26. The molecule has 0 aliphatic rings. The van der Waals surface area contributed by atoms with Crippen LogP contribution in [0.2, 0.25) is 5.28 Å². The molecule has 0 fully saturated rings. The van der Waals surface area contributed by atoms with Gasteiger partial charge in [-0.3, -0.25) is 0 Å². The Labute approximate surface area is 127 Å². The number of hydrogen-bond donors (Lipinski definition) is 1. The van der Waals surface area contributed by atoms with Crippen LogP contribution in [0.25, 0.3) is 10.2 Å². The van der Waals surface area contributed by atoms with Crippen LogP contribution in [0.3, 0.4) is 0 Å². The minimum Gasteiger partial charge on any atom is -0.365 e. The Bertz CT molecular complexity index is 729. The van der Waals surface area contributed by atoms with Crippen LogP contribution in [-0.2, 0) is 6.54 Å². The monoisotopic (exact) mass is 353 g/mol. The summed E-state index contributed by atoms with van der Waals surface area (Å²) in [6.45, 7) is 0.692. The fourth-order valence-electron chi connectivity index (χ4n) is 1.80. The Morgan fingerprint density at radius 2 is 2.16 bits per heavy atom. The fourth-order valence-corrected chi connectivity index (χ4v) is 3.23. The molecule has 0 atom stereocenters. The smallest absolute Gasteiger partial charge is 0.225 e. The maximum atomic E-state index is 5.92. The zero-order valence-electron chi connectivity index (χ0n) is 9.73. The highest BCUT2D eigenvalue weighted by atomic mass is 79.9. The van der Waals surface area contributed by atoms with Crippen molar-refractivity contribution in [3.05, 3.63) is 51.0 Å². The van der Waals surface area contributed by atoms with Crippen LogP contribution in [0.15, 0.2) is 40.2 Å². The maximum Gasteiger partial charge on any atom is 0.225 e. The molecule has 96 valence electrons. The summed E-state index contributed by atoms with van der Waals surface area (Å²) in [5, 5.41) is 6.57. The van der Waals surface area contributed by atoms with Gasteiger partial charge in [0.1, 0.15) is 10.6 Å². The molecule has 0 saturated heterocycles. The van der Waals surface area contributed by atoms with Crippen LogP contribution >= 0.6 is 38.9 Å². The summed E-state index contributed by atoms with van der Waals surface area (Å²) in [6.07, 6.45) is 0. The Morgan fingerprint density at radius 1 is 1.26 bits per heavy atom. The number of nitrogens with one attached hydrogen (secondary N) is 1. The number of thiophene rings is 1. The zero-order chi connectivity index (χ0) is 13.2. The van der Waals surface area contributed by atoms with Gasteiger partial charge in [-0.25, -0.2) is 9.97 Å². The van der Waals surface area contributed by atoms with Crippen molar-refractivity contribution in [1.82, 2.24) is 9.97 Å². The second-order valence-corrected chi connectivity index (χ2v) is 6.11. The van der Waals surface area contributed by atoms with Crippen LogP contribution < -0.4 is 5.32 Å². The maximum absolute atomic E-state index is 5.92. The number of rotatable bonds is 3. The highest BCUT2D eigenvalue weighted by Gasteiger charge is 2.07. The molecule has 0 aliphatic carbocycles. The molecular weight excluding hydrogens is 346 g/mol. The first-order valence-electron chi connectivity index (χ1n) is 5.61. The van der Waals surface area contributed by atoms with Crippen LogP contribution in [-0.4, -0.2) is 9.97 Å². The zero-order valence-corrected chi connectivity index (χ0v) is 12.9. The van der Waals surface area contributed by atoms with Crippen molar-refractivity contribution >= 4 is 54.9 Å². The molecule has 0 spiro atoms. The van der Waals surface area contributed by atoms with E-state index in [1.165, 1.54) is 5.56 Å². The number of aromatic nitrogens is 2. The van der Waals surface area contributed by atoms with Gasteiger partial charge in [-0.15, -0.1) is 11.3 Å². The van der Waals surface area contributed by atoms with Crippen molar-refractivity contribution in [3.8, 4) is 0 Å². The van der Waals surface area contributed by atoms with Crippen molar-refractivity contribution < 1.29 is 0 Å². The summed E-state index contributed by atoms with van der Waals surface area (Å²) in [5.41, 5.74) is 1.17. The van der Waals surface area contributed by atoms with Crippen LogP contribution in [0.4, 0.5) is 5.82 Å². The highest BCUT2D eigenvalue weighted by molar-refractivity contribution is 9.10. The average molecular weight is 355 g/mol. The number of halogens is 2. The molecule has 3 aromatic rings. The minimum absolute atomic E-state index is 0.270. The van der Waals surface area contributed by atoms with E-state index in [9.17, 15) is 0 Å². The van der Waals surface area contributed by atoms with Gasteiger partial charge >= 0.3 is 0 Å². The molecule has 0 radical (unpaired) electrons. The molecule has 2 aromatic heterocycles. The van der Waals surface area contributed by atoms with Gasteiger partial charge in [0, 0.05) is 11.0 Å². The van der Waals surface area contributed by atoms with Crippen molar-refractivity contribution in [2.75, 3.05) is 5.32 Å². The first-order valence-corrected chi connectivity index (χ1v) is 7.66. The van der Waals surface area contributed by atoms with Crippen molar-refractivity contribution in [3.63, 3.8) is 0 Å². The van der Waals surface area contributed by atoms with Gasteiger partial charge in [0.05, 0.1) is 5.39 Å². The van der Waals surface area contributed by atoms with Gasteiger partial charge in [0.15, 0.2) is 0 Å². The summed E-state index contributed by atoms with van der Waals surface area (Å²) in [7, 11) is 0. The second kappa shape index (κ2) is 5.45. The second-order valence-electron chi connectivity index (χ2n) is 3.96. The van der Waals surface area contributed by atoms with Gasteiger partial charge in [-0.05, 0) is 40.7 Å². The first kappa shape index (κ1) is 12.8. The Kier molecular flexibility index (Phi) is 3.68. The standard InChI is InChI=1S/C13H9BrClN3S/c14-9-3-1-2-8(6-9)7-16-11-10-4-5-19-12(10)18-13(15)17-11/h1-6H,7H2,(H,16,17,18). The van der Waals surface area contributed by atoms with E-state index < -0.39 is 0 Å². The van der Waals surface area contributed by atoms with Crippen molar-refractivity contribution in [1.29, 1.82) is 0 Å². The molecule has 0 saturated carbocycles. The molecule has 1 N–H and O–H groups in total. The predicted molar refractivity (Wildman–Crippen MR) is 83.9 cm³/mol. The third kappa shape index (κ3) is 2.88. The number of hydrogen-bond acceptors (Lipinski definition) is 4. The minimum atomic E-state index is 0.270. The van der Waals surface area contributed by atoms with Crippen molar-refractivity contribution in [2.45, 2.75) is 6.54 Å². The molecule has 0 amide bonds. The lowest BCUT2D eigenvalue weighted by Gasteiger charge is -2.07. The number of benzene rings is 1. The molecule has 3 rings (SSSR count). The van der Waals surface area contributed by atoms with E-state index in [0.717, 1.165) is 20.5 Å². The number of fused-ring (bicyclic) bond motifs is 1. The molecule has 19 heavy (non-hydrogen) atoms. The molecule has 0 unspecified atom stereocenters. The largest absolute Gasteiger partial charge is 0.365 e. The van der Waals surface area contributed by atoms with E-state index in [1.807, 2.05) is 23.6 Å². The fraction of sp³-hybridized carbons (Fsp3) is 0.0769. The number of nitrogens with zero attached hydrogens (tertiary/aromatic N) is 2. The predicted octanol–water partition coefficient (Wildman–Crippen LogP) is 4.72. The van der Waals surface area contributed by atoms with Gasteiger partial charge in [0.2, 0.25) is 5.28 Å². The average Bonchev–Trinajstić information content (AvgIpc) is 2.84. The number of anilines is 1. The molecular formula is C13H9BrClN3S. The normalized spacial score (nSPS) is 10.8. The topological polar surface area (TPSA) is 37.8 Å².